The number of hydrogen-bond acceptors (Lipinski definition) is 2. The van der Waals surface area contributed by atoms with Crippen molar-refractivity contribution < 1.29 is 13.0 Å². The molecule has 0 amide bonds. The minimum atomic E-state index is -3.66. The Morgan fingerprint density at radius 3 is 1.50 bits per heavy atom. The van der Waals surface area contributed by atoms with Gasteiger partial charge in [-0.2, -0.15) is 8.42 Å². The molecule has 0 saturated heterocycles. The standard InChI is InChI=1S/C2H6O3S.2CH4/c1-2-6(3,4)5;;/h2H2,1H3,(H,3,4,5);2*1H4. The van der Waals surface area contributed by atoms with Gasteiger partial charge < -0.3 is 0 Å². The Bertz CT molecular complexity index is 113. The molecule has 0 aromatic rings. The van der Waals surface area contributed by atoms with E-state index < -0.39 is 10.1 Å². The molecule has 0 radical (unpaired) electrons. The van der Waals surface area contributed by atoms with E-state index in [2.05, 4.69) is 0 Å². The van der Waals surface area contributed by atoms with Gasteiger partial charge in [0.25, 0.3) is 10.1 Å². The Balaban J connectivity index is -0.000000125. The van der Waals surface area contributed by atoms with E-state index in [0.29, 0.717) is 0 Å². The van der Waals surface area contributed by atoms with Crippen molar-refractivity contribution in [3.63, 3.8) is 0 Å². The molecule has 4 heteroatoms. The summed E-state index contributed by atoms with van der Waals surface area (Å²) >= 11 is 0. The van der Waals surface area contributed by atoms with E-state index in [1.54, 1.807) is 0 Å². The van der Waals surface area contributed by atoms with Crippen LogP contribution in [0.2, 0.25) is 0 Å². The van der Waals surface area contributed by atoms with Gasteiger partial charge in [-0.25, -0.2) is 0 Å². The fourth-order valence-corrected chi connectivity index (χ4v) is 0. The molecule has 0 aromatic carbocycles. The molecule has 0 aliphatic carbocycles. The third-order valence-corrected chi connectivity index (χ3v) is 1.09. The predicted molar refractivity (Wildman–Crippen MR) is 35.6 cm³/mol. The van der Waals surface area contributed by atoms with Crippen molar-refractivity contribution in [2.24, 2.45) is 0 Å². The molecular weight excluding hydrogens is 128 g/mol. The van der Waals surface area contributed by atoms with Crippen LogP contribution < -0.4 is 0 Å². The van der Waals surface area contributed by atoms with E-state index in [9.17, 15) is 8.42 Å². The Labute approximate surface area is 51.5 Å². The van der Waals surface area contributed by atoms with Gasteiger partial charge in [-0.1, -0.05) is 14.9 Å². The van der Waals surface area contributed by atoms with Crippen LogP contribution in [0.15, 0.2) is 0 Å². The Kier molecular flexibility index (Phi) is 9.90. The Hall–Kier alpha value is -0.0900. The van der Waals surface area contributed by atoms with Crippen LogP contribution in [0.1, 0.15) is 21.8 Å². The number of rotatable bonds is 1. The van der Waals surface area contributed by atoms with Gasteiger partial charge in [0, 0.05) is 0 Å². The highest BCUT2D eigenvalue weighted by atomic mass is 32.2. The lowest BCUT2D eigenvalue weighted by molar-refractivity contribution is 0.484. The normalized spacial score (nSPS) is 8.75. The quantitative estimate of drug-likeness (QED) is 0.559. The molecule has 54 valence electrons. The summed E-state index contributed by atoms with van der Waals surface area (Å²) in [7, 11) is -3.66. The highest BCUT2D eigenvalue weighted by molar-refractivity contribution is 7.85. The smallest absolute Gasteiger partial charge is 0.264 e. The van der Waals surface area contributed by atoms with E-state index >= 15 is 0 Å². The molecule has 0 aromatic heterocycles. The van der Waals surface area contributed by atoms with E-state index in [1.807, 2.05) is 0 Å². The van der Waals surface area contributed by atoms with Crippen LogP contribution in [-0.4, -0.2) is 18.7 Å². The fourth-order valence-electron chi connectivity index (χ4n) is 0. The lowest BCUT2D eigenvalue weighted by Gasteiger charge is -1.79. The van der Waals surface area contributed by atoms with Crippen LogP contribution in [0.4, 0.5) is 0 Å². The highest BCUT2D eigenvalue weighted by Gasteiger charge is 1.93. The zero-order chi connectivity index (χ0) is 5.21. The third-order valence-electron chi connectivity index (χ3n) is 0.365. The van der Waals surface area contributed by atoms with Crippen LogP contribution in [0.3, 0.4) is 0 Å². The van der Waals surface area contributed by atoms with Crippen molar-refractivity contribution in [2.45, 2.75) is 21.8 Å². The van der Waals surface area contributed by atoms with Crippen LogP contribution in [0.5, 0.6) is 0 Å². The Morgan fingerprint density at radius 1 is 1.38 bits per heavy atom. The van der Waals surface area contributed by atoms with Gasteiger partial charge >= 0.3 is 0 Å². The molecule has 0 fully saturated rings. The molecule has 8 heavy (non-hydrogen) atoms. The van der Waals surface area contributed by atoms with Crippen molar-refractivity contribution in [1.29, 1.82) is 0 Å². The largest absolute Gasteiger partial charge is 0.286 e. The van der Waals surface area contributed by atoms with Crippen molar-refractivity contribution in [1.82, 2.24) is 0 Å². The Morgan fingerprint density at radius 2 is 1.50 bits per heavy atom. The first-order valence-electron chi connectivity index (χ1n) is 1.51. The monoisotopic (exact) mass is 142 g/mol. The summed E-state index contributed by atoms with van der Waals surface area (Å²) in [4.78, 5) is 0. The third kappa shape index (κ3) is 16.8. The van der Waals surface area contributed by atoms with Gasteiger partial charge in [0.2, 0.25) is 0 Å². The lowest BCUT2D eigenvalue weighted by atomic mass is 11.0. The average molecular weight is 142 g/mol. The second-order valence-electron chi connectivity index (χ2n) is 0.871. The molecule has 0 unspecified atom stereocenters. The van der Waals surface area contributed by atoms with Gasteiger partial charge in [-0.15, -0.1) is 0 Å². The molecule has 0 rings (SSSR count). The first kappa shape index (κ1) is 15.7. The predicted octanol–water partition coefficient (Wildman–Crippen LogP) is 1.17. The number of hydrogen-bond donors (Lipinski definition) is 1. The minimum absolute atomic E-state index is 0. The van der Waals surface area contributed by atoms with Crippen molar-refractivity contribution in [3.05, 3.63) is 0 Å². The topological polar surface area (TPSA) is 54.4 Å². The van der Waals surface area contributed by atoms with Gasteiger partial charge in [-0.05, 0) is 6.92 Å². The van der Waals surface area contributed by atoms with Gasteiger partial charge in [0.15, 0.2) is 0 Å². The molecule has 0 aliphatic rings. The maximum atomic E-state index is 9.56. The summed E-state index contributed by atoms with van der Waals surface area (Å²) in [5.41, 5.74) is 0. The van der Waals surface area contributed by atoms with Crippen LogP contribution >= 0.6 is 0 Å². The van der Waals surface area contributed by atoms with E-state index in [0.717, 1.165) is 0 Å². The molecule has 3 nitrogen and oxygen atoms in total. The SMILES string of the molecule is C.C.CCS(=O)(=O)O. The molecule has 1 N–H and O–H groups in total. The van der Waals surface area contributed by atoms with Crippen molar-refractivity contribution in [2.75, 3.05) is 5.75 Å². The van der Waals surface area contributed by atoms with Crippen LogP contribution in [0.25, 0.3) is 0 Å². The van der Waals surface area contributed by atoms with Gasteiger partial charge in [0.05, 0.1) is 5.75 Å². The molecule has 0 saturated carbocycles. The molecule has 0 bridgehead atoms. The summed E-state index contributed by atoms with van der Waals surface area (Å²) < 4.78 is 26.9. The minimum Gasteiger partial charge on any atom is -0.286 e. The van der Waals surface area contributed by atoms with Gasteiger partial charge in [0.1, 0.15) is 0 Å². The van der Waals surface area contributed by atoms with Gasteiger partial charge in [-0.3, -0.25) is 4.55 Å². The summed E-state index contributed by atoms with van der Waals surface area (Å²) in [6.45, 7) is 1.37. The van der Waals surface area contributed by atoms with E-state index in [4.69, 9.17) is 4.55 Å². The zero-order valence-corrected chi connectivity index (χ0v) is 4.20. The molecule has 0 atom stereocenters. The van der Waals surface area contributed by atoms with E-state index in [-0.39, 0.29) is 20.6 Å². The van der Waals surface area contributed by atoms with Crippen molar-refractivity contribution >= 4 is 10.1 Å². The first-order chi connectivity index (χ1) is 2.56. The second kappa shape index (κ2) is 5.05. The second-order valence-corrected chi connectivity index (χ2v) is 2.61. The molecular formula is C4H14O3S. The van der Waals surface area contributed by atoms with Crippen molar-refractivity contribution in [3.8, 4) is 0 Å². The molecule has 0 heterocycles. The lowest BCUT2D eigenvalue weighted by Crippen LogP contribution is -1.97. The van der Waals surface area contributed by atoms with E-state index in [1.165, 1.54) is 6.92 Å². The zero-order valence-electron chi connectivity index (χ0n) is 3.38. The molecule has 0 aliphatic heterocycles. The summed E-state index contributed by atoms with van der Waals surface area (Å²) in [6.07, 6.45) is 0. The highest BCUT2D eigenvalue weighted by Crippen LogP contribution is 1.74. The first-order valence-corrected chi connectivity index (χ1v) is 3.12. The summed E-state index contributed by atoms with van der Waals surface area (Å²) in [5, 5.41) is 0. The maximum Gasteiger partial charge on any atom is 0.264 e. The summed E-state index contributed by atoms with van der Waals surface area (Å²) in [5.74, 6) is -0.201. The maximum absolute atomic E-state index is 9.56. The van der Waals surface area contributed by atoms with Crippen LogP contribution in [-0.2, 0) is 10.1 Å². The summed E-state index contributed by atoms with van der Waals surface area (Å²) in [6, 6.07) is 0. The average Bonchev–Trinajstić information content (AvgIpc) is 1.35. The fraction of sp³-hybridized carbons (Fsp3) is 1.00. The van der Waals surface area contributed by atoms with Crippen LogP contribution in [0, 0.1) is 0 Å². The molecule has 0 spiro atoms.